The lowest BCUT2D eigenvalue weighted by Gasteiger charge is -2.21. The van der Waals surface area contributed by atoms with E-state index in [1.165, 1.54) is 32.3 Å². The van der Waals surface area contributed by atoms with Crippen LogP contribution in [0.15, 0.2) is 23.1 Å². The van der Waals surface area contributed by atoms with Crippen molar-refractivity contribution in [2.75, 3.05) is 25.1 Å². The Labute approximate surface area is 125 Å². The van der Waals surface area contributed by atoms with Crippen molar-refractivity contribution in [2.45, 2.75) is 24.8 Å². The largest absolute Gasteiger partial charge is 0.397 e. The molecule has 0 spiro atoms. The highest BCUT2D eigenvalue weighted by Crippen LogP contribution is 2.25. The van der Waals surface area contributed by atoms with Gasteiger partial charge in [-0.15, -0.1) is 0 Å². The predicted octanol–water partition coefficient (Wildman–Crippen LogP) is 0.441. The maximum atomic E-state index is 12.0. The van der Waals surface area contributed by atoms with Crippen molar-refractivity contribution in [1.82, 2.24) is 4.31 Å². The highest BCUT2D eigenvalue weighted by molar-refractivity contribution is 7.89. The van der Waals surface area contributed by atoms with Crippen molar-refractivity contribution in [3.63, 3.8) is 0 Å². The Morgan fingerprint density at radius 1 is 1.29 bits per heavy atom. The van der Waals surface area contributed by atoms with Gasteiger partial charge < -0.3 is 16.8 Å². The van der Waals surface area contributed by atoms with Gasteiger partial charge in [-0.05, 0) is 24.1 Å². The van der Waals surface area contributed by atoms with E-state index in [1.807, 2.05) is 13.8 Å². The molecule has 1 unspecified atom stereocenters. The number of hydrogen-bond acceptors (Lipinski definition) is 5. The van der Waals surface area contributed by atoms with Gasteiger partial charge in [-0.2, -0.15) is 0 Å². The summed E-state index contributed by atoms with van der Waals surface area (Å²) >= 11 is 0. The molecule has 0 aliphatic rings. The molecule has 7 nitrogen and oxygen atoms in total. The van der Waals surface area contributed by atoms with Crippen molar-refractivity contribution in [3.05, 3.63) is 18.2 Å². The van der Waals surface area contributed by atoms with Gasteiger partial charge in [0.25, 0.3) is 0 Å². The molecule has 8 heteroatoms. The molecule has 0 saturated heterocycles. The molecule has 0 heterocycles. The Balaban J connectivity index is 3.12. The number of primary amides is 1. The molecular weight excluding hydrogens is 292 g/mol. The topological polar surface area (TPSA) is 119 Å². The Morgan fingerprint density at radius 2 is 1.86 bits per heavy atom. The molecule has 1 aromatic carbocycles. The number of nitrogen functional groups attached to an aromatic ring is 1. The molecule has 1 atom stereocenters. The number of anilines is 2. The van der Waals surface area contributed by atoms with Crippen LogP contribution in [-0.4, -0.2) is 38.8 Å². The van der Waals surface area contributed by atoms with Crippen molar-refractivity contribution in [3.8, 4) is 0 Å². The number of rotatable bonds is 6. The molecule has 0 aliphatic carbocycles. The van der Waals surface area contributed by atoms with Gasteiger partial charge in [0.2, 0.25) is 15.9 Å². The quantitative estimate of drug-likeness (QED) is 0.658. The van der Waals surface area contributed by atoms with Crippen LogP contribution in [0.1, 0.15) is 13.8 Å². The van der Waals surface area contributed by atoms with E-state index >= 15 is 0 Å². The van der Waals surface area contributed by atoms with Gasteiger partial charge in [-0.1, -0.05) is 13.8 Å². The number of carbonyl (C=O) groups is 1. The highest BCUT2D eigenvalue weighted by Gasteiger charge is 2.22. The van der Waals surface area contributed by atoms with Gasteiger partial charge in [0, 0.05) is 14.1 Å². The number of nitrogens with two attached hydrogens (primary N) is 2. The first kappa shape index (κ1) is 17.3. The van der Waals surface area contributed by atoms with Gasteiger partial charge >= 0.3 is 0 Å². The van der Waals surface area contributed by atoms with Gasteiger partial charge in [-0.25, -0.2) is 12.7 Å². The third-order valence-corrected chi connectivity index (χ3v) is 4.90. The van der Waals surface area contributed by atoms with Crippen LogP contribution in [0.5, 0.6) is 0 Å². The molecule has 0 aliphatic heterocycles. The highest BCUT2D eigenvalue weighted by atomic mass is 32.2. The van der Waals surface area contributed by atoms with Crippen molar-refractivity contribution in [1.29, 1.82) is 0 Å². The summed E-state index contributed by atoms with van der Waals surface area (Å²) in [6, 6.07) is 3.75. The summed E-state index contributed by atoms with van der Waals surface area (Å²) < 4.78 is 25.1. The molecule has 5 N–H and O–H groups in total. The van der Waals surface area contributed by atoms with Gasteiger partial charge in [0.15, 0.2) is 0 Å². The zero-order valence-corrected chi connectivity index (χ0v) is 13.4. The number of sulfonamides is 1. The van der Waals surface area contributed by atoms with Crippen LogP contribution in [-0.2, 0) is 14.8 Å². The molecule has 0 radical (unpaired) electrons. The second-order valence-electron chi connectivity index (χ2n) is 5.30. The second-order valence-corrected chi connectivity index (χ2v) is 7.46. The SMILES string of the molecule is CC(C)C(Nc1ccc(S(=O)(=O)N(C)C)cc1N)C(N)=O. The van der Waals surface area contributed by atoms with Crippen molar-refractivity contribution >= 4 is 27.3 Å². The summed E-state index contributed by atoms with van der Waals surface area (Å²) in [7, 11) is -0.655. The van der Waals surface area contributed by atoms with E-state index in [2.05, 4.69) is 5.32 Å². The molecule has 1 aromatic rings. The van der Waals surface area contributed by atoms with E-state index in [0.29, 0.717) is 5.69 Å². The molecular formula is C13H22N4O3S. The minimum absolute atomic E-state index is 0.0212. The summed E-state index contributed by atoms with van der Waals surface area (Å²) in [5.74, 6) is -0.513. The first-order valence-electron chi connectivity index (χ1n) is 6.45. The molecule has 118 valence electrons. The van der Waals surface area contributed by atoms with E-state index in [1.54, 1.807) is 0 Å². The fraction of sp³-hybridized carbons (Fsp3) is 0.462. The zero-order chi connectivity index (χ0) is 16.4. The minimum Gasteiger partial charge on any atom is -0.397 e. The molecule has 1 rings (SSSR count). The van der Waals surface area contributed by atoms with Crippen LogP contribution in [0, 0.1) is 5.92 Å². The Kier molecular flexibility index (Phi) is 5.19. The predicted molar refractivity (Wildman–Crippen MR) is 83.2 cm³/mol. The number of carbonyl (C=O) groups excluding carboxylic acids is 1. The summed E-state index contributed by atoms with van der Waals surface area (Å²) in [6.45, 7) is 3.70. The number of nitrogens with one attached hydrogen (secondary N) is 1. The lowest BCUT2D eigenvalue weighted by molar-refractivity contribution is -0.119. The van der Waals surface area contributed by atoms with Crippen LogP contribution >= 0.6 is 0 Å². The minimum atomic E-state index is -3.54. The van der Waals surface area contributed by atoms with Crippen LogP contribution in [0.3, 0.4) is 0 Å². The molecule has 0 fully saturated rings. The van der Waals surface area contributed by atoms with Crippen LogP contribution in [0.25, 0.3) is 0 Å². The number of benzene rings is 1. The zero-order valence-electron chi connectivity index (χ0n) is 12.6. The average molecular weight is 314 g/mol. The van der Waals surface area contributed by atoms with Gasteiger partial charge in [-0.3, -0.25) is 4.79 Å². The van der Waals surface area contributed by atoms with Crippen molar-refractivity contribution < 1.29 is 13.2 Å². The maximum absolute atomic E-state index is 12.0. The lowest BCUT2D eigenvalue weighted by Crippen LogP contribution is -2.39. The van der Waals surface area contributed by atoms with E-state index in [0.717, 1.165) is 4.31 Å². The second kappa shape index (κ2) is 6.31. The number of amides is 1. The first-order chi connectivity index (χ1) is 9.57. The standard InChI is InChI=1S/C13H22N4O3S/c1-8(2)12(13(15)18)16-11-6-5-9(7-10(11)14)21(19,20)17(3)4/h5-8,12,16H,14H2,1-4H3,(H2,15,18). The lowest BCUT2D eigenvalue weighted by atomic mass is 10.0. The molecule has 21 heavy (non-hydrogen) atoms. The summed E-state index contributed by atoms with van der Waals surface area (Å²) in [5, 5.41) is 2.95. The first-order valence-corrected chi connectivity index (χ1v) is 7.89. The Bertz CT molecular complexity index is 626. The monoisotopic (exact) mass is 314 g/mol. The summed E-state index contributed by atoms with van der Waals surface area (Å²) in [4.78, 5) is 11.5. The third kappa shape index (κ3) is 3.85. The van der Waals surface area contributed by atoms with E-state index in [4.69, 9.17) is 11.5 Å². The Hall–Kier alpha value is -1.80. The fourth-order valence-electron chi connectivity index (χ4n) is 1.78. The number of hydrogen-bond donors (Lipinski definition) is 3. The number of nitrogens with zero attached hydrogens (tertiary/aromatic N) is 1. The van der Waals surface area contributed by atoms with E-state index in [-0.39, 0.29) is 16.5 Å². The fourth-order valence-corrected chi connectivity index (χ4v) is 2.71. The summed E-state index contributed by atoms with van der Waals surface area (Å²) in [6.07, 6.45) is 0. The molecule has 0 aromatic heterocycles. The normalized spacial score (nSPS) is 13.4. The Morgan fingerprint density at radius 3 is 2.24 bits per heavy atom. The van der Waals surface area contributed by atoms with E-state index < -0.39 is 22.0 Å². The maximum Gasteiger partial charge on any atom is 0.242 e. The van der Waals surface area contributed by atoms with Crippen LogP contribution < -0.4 is 16.8 Å². The molecule has 0 bridgehead atoms. The van der Waals surface area contributed by atoms with E-state index in [9.17, 15) is 13.2 Å². The van der Waals surface area contributed by atoms with Gasteiger partial charge in [0.05, 0.1) is 16.3 Å². The summed E-state index contributed by atoms with van der Waals surface area (Å²) in [5.41, 5.74) is 11.9. The van der Waals surface area contributed by atoms with Gasteiger partial charge in [0.1, 0.15) is 6.04 Å². The third-order valence-electron chi connectivity index (χ3n) is 3.09. The molecule has 1 amide bonds. The molecule has 0 saturated carbocycles. The van der Waals surface area contributed by atoms with Crippen LogP contribution in [0.2, 0.25) is 0 Å². The van der Waals surface area contributed by atoms with Crippen molar-refractivity contribution in [2.24, 2.45) is 11.7 Å². The smallest absolute Gasteiger partial charge is 0.242 e. The van der Waals surface area contributed by atoms with Crippen LogP contribution in [0.4, 0.5) is 11.4 Å². The average Bonchev–Trinajstić information content (AvgIpc) is 2.35.